The van der Waals surface area contributed by atoms with E-state index in [-0.39, 0.29) is 16.6 Å². The molecule has 4 rings (SSSR count). The summed E-state index contributed by atoms with van der Waals surface area (Å²) in [6.07, 6.45) is 2.78. The molecule has 160 valence electrons. The second kappa shape index (κ2) is 9.94. The summed E-state index contributed by atoms with van der Waals surface area (Å²) in [6, 6.07) is 26.4. The molecule has 1 saturated heterocycles. The van der Waals surface area contributed by atoms with Gasteiger partial charge < -0.3 is 5.11 Å². The Bertz CT molecular complexity index is 1180. The Hall–Kier alpha value is -3.22. The zero-order valence-corrected chi connectivity index (χ0v) is 18.8. The van der Waals surface area contributed by atoms with Crippen molar-refractivity contribution in [1.29, 1.82) is 0 Å². The number of rotatable bonds is 7. The van der Waals surface area contributed by atoms with Crippen molar-refractivity contribution in [3.8, 4) is 0 Å². The Balaban J connectivity index is 1.55. The number of hydrogen-bond donors (Lipinski definition) is 1. The van der Waals surface area contributed by atoms with Gasteiger partial charge in [0.15, 0.2) is 0 Å². The van der Waals surface area contributed by atoms with Crippen LogP contribution in [0.3, 0.4) is 0 Å². The summed E-state index contributed by atoms with van der Waals surface area (Å²) < 4.78 is 0.269. The summed E-state index contributed by atoms with van der Waals surface area (Å²) in [5.41, 5.74) is 4.06. The van der Waals surface area contributed by atoms with Gasteiger partial charge in [-0.2, -0.15) is 0 Å². The van der Waals surface area contributed by atoms with E-state index in [0.29, 0.717) is 4.91 Å². The third kappa shape index (κ3) is 5.15. The number of carbonyl (C=O) groups is 2. The number of thioether (sulfide) groups is 1. The molecule has 1 heterocycles. The summed E-state index contributed by atoms with van der Waals surface area (Å²) in [5.74, 6) is -1.44. The molecule has 0 radical (unpaired) electrons. The SMILES string of the molecule is O=C(O)[C@H](Cc1ccccc1)N1C(=O)/C(=C/c2cccc(Cc3ccccc3)c2)SC1=S. The van der Waals surface area contributed by atoms with Crippen molar-refractivity contribution in [3.05, 3.63) is 112 Å². The van der Waals surface area contributed by atoms with Crippen LogP contribution in [0.25, 0.3) is 6.08 Å². The molecule has 0 bridgehead atoms. The fourth-order valence-corrected chi connectivity index (χ4v) is 5.01. The van der Waals surface area contributed by atoms with Crippen LogP contribution in [-0.4, -0.2) is 32.2 Å². The van der Waals surface area contributed by atoms with Crippen molar-refractivity contribution < 1.29 is 14.7 Å². The van der Waals surface area contributed by atoms with E-state index in [2.05, 4.69) is 18.2 Å². The van der Waals surface area contributed by atoms with Crippen LogP contribution in [0.5, 0.6) is 0 Å². The van der Waals surface area contributed by atoms with E-state index in [1.165, 1.54) is 10.5 Å². The second-order valence-electron chi connectivity index (χ2n) is 7.50. The van der Waals surface area contributed by atoms with Gasteiger partial charge in [-0.05, 0) is 34.8 Å². The lowest BCUT2D eigenvalue weighted by Gasteiger charge is -2.23. The number of carboxylic acid groups (broad SMARTS) is 1. The highest BCUT2D eigenvalue weighted by atomic mass is 32.2. The van der Waals surface area contributed by atoms with Crippen molar-refractivity contribution >= 4 is 46.3 Å². The number of thiocarbonyl (C=S) groups is 1. The first kappa shape index (κ1) is 22.0. The topological polar surface area (TPSA) is 57.6 Å². The molecule has 0 aromatic heterocycles. The largest absolute Gasteiger partial charge is 0.480 e. The van der Waals surface area contributed by atoms with Crippen molar-refractivity contribution in [2.45, 2.75) is 18.9 Å². The van der Waals surface area contributed by atoms with Crippen LogP contribution in [-0.2, 0) is 22.4 Å². The summed E-state index contributed by atoms with van der Waals surface area (Å²) >= 11 is 6.55. The molecule has 32 heavy (non-hydrogen) atoms. The molecule has 1 fully saturated rings. The number of benzene rings is 3. The molecule has 1 atom stereocenters. The maximum Gasteiger partial charge on any atom is 0.327 e. The number of carboxylic acids is 1. The lowest BCUT2D eigenvalue weighted by molar-refractivity contribution is -0.145. The van der Waals surface area contributed by atoms with Crippen molar-refractivity contribution in [2.24, 2.45) is 0 Å². The van der Waals surface area contributed by atoms with E-state index in [0.717, 1.165) is 34.9 Å². The Morgan fingerprint density at radius 1 is 0.938 bits per heavy atom. The van der Waals surface area contributed by atoms with Gasteiger partial charge in [0, 0.05) is 6.42 Å². The summed E-state index contributed by atoms with van der Waals surface area (Å²) in [4.78, 5) is 26.8. The zero-order chi connectivity index (χ0) is 22.5. The molecule has 1 N–H and O–H groups in total. The molecular formula is C26H21NO3S2. The predicted molar refractivity (Wildman–Crippen MR) is 132 cm³/mol. The molecule has 0 unspecified atom stereocenters. The summed E-state index contributed by atoms with van der Waals surface area (Å²) in [7, 11) is 0. The van der Waals surface area contributed by atoms with Crippen LogP contribution < -0.4 is 0 Å². The van der Waals surface area contributed by atoms with Gasteiger partial charge in [-0.3, -0.25) is 9.69 Å². The van der Waals surface area contributed by atoms with Crippen LogP contribution in [0.15, 0.2) is 89.8 Å². The van der Waals surface area contributed by atoms with Gasteiger partial charge in [0.05, 0.1) is 4.91 Å². The second-order valence-corrected chi connectivity index (χ2v) is 9.18. The van der Waals surface area contributed by atoms with Crippen molar-refractivity contribution in [2.75, 3.05) is 0 Å². The molecule has 1 aliphatic heterocycles. The van der Waals surface area contributed by atoms with Crippen LogP contribution >= 0.6 is 24.0 Å². The number of hydrogen-bond acceptors (Lipinski definition) is 4. The quantitative estimate of drug-likeness (QED) is 0.390. The highest BCUT2D eigenvalue weighted by Gasteiger charge is 2.40. The van der Waals surface area contributed by atoms with E-state index < -0.39 is 12.0 Å². The van der Waals surface area contributed by atoms with Crippen LogP contribution in [0.4, 0.5) is 0 Å². The average molecular weight is 460 g/mol. The highest BCUT2D eigenvalue weighted by molar-refractivity contribution is 8.26. The lowest BCUT2D eigenvalue weighted by atomic mass is 10.0. The smallest absolute Gasteiger partial charge is 0.327 e. The molecule has 1 aliphatic rings. The summed E-state index contributed by atoms with van der Waals surface area (Å²) in [6.45, 7) is 0. The highest BCUT2D eigenvalue weighted by Crippen LogP contribution is 2.35. The van der Waals surface area contributed by atoms with Gasteiger partial charge in [-0.25, -0.2) is 4.79 Å². The van der Waals surface area contributed by atoms with Gasteiger partial charge >= 0.3 is 5.97 Å². The molecule has 3 aromatic rings. The van der Waals surface area contributed by atoms with Gasteiger partial charge in [0.2, 0.25) is 0 Å². The molecule has 6 heteroatoms. The number of aliphatic carboxylic acids is 1. The zero-order valence-electron chi connectivity index (χ0n) is 17.2. The first-order valence-electron chi connectivity index (χ1n) is 10.2. The normalized spacial score (nSPS) is 15.9. The minimum absolute atomic E-state index is 0.197. The third-order valence-corrected chi connectivity index (χ3v) is 6.52. The lowest BCUT2D eigenvalue weighted by Crippen LogP contribution is -2.45. The van der Waals surface area contributed by atoms with Gasteiger partial charge in [-0.1, -0.05) is 109 Å². The first-order valence-corrected chi connectivity index (χ1v) is 11.4. The van der Waals surface area contributed by atoms with E-state index in [1.54, 1.807) is 6.08 Å². The predicted octanol–water partition coefficient (Wildman–Crippen LogP) is 5.17. The van der Waals surface area contributed by atoms with Crippen LogP contribution in [0, 0.1) is 0 Å². The maximum atomic E-state index is 13.1. The van der Waals surface area contributed by atoms with Gasteiger partial charge in [0.25, 0.3) is 5.91 Å². The first-order chi connectivity index (χ1) is 15.5. The van der Waals surface area contributed by atoms with Crippen molar-refractivity contribution in [1.82, 2.24) is 4.90 Å². The fourth-order valence-electron chi connectivity index (χ4n) is 3.65. The maximum absolute atomic E-state index is 13.1. The Morgan fingerprint density at radius 3 is 2.22 bits per heavy atom. The van der Waals surface area contributed by atoms with Crippen LogP contribution in [0.1, 0.15) is 22.3 Å². The van der Waals surface area contributed by atoms with E-state index in [4.69, 9.17) is 12.2 Å². The molecule has 0 saturated carbocycles. The Labute approximate surface area is 196 Å². The van der Waals surface area contributed by atoms with E-state index in [9.17, 15) is 14.7 Å². The number of carbonyl (C=O) groups excluding carboxylic acids is 1. The monoisotopic (exact) mass is 459 g/mol. The minimum atomic E-state index is -1.07. The minimum Gasteiger partial charge on any atom is -0.480 e. The Morgan fingerprint density at radius 2 is 1.56 bits per heavy atom. The van der Waals surface area contributed by atoms with Gasteiger partial charge in [0.1, 0.15) is 10.4 Å². The average Bonchev–Trinajstić information content (AvgIpc) is 3.06. The summed E-state index contributed by atoms with van der Waals surface area (Å²) in [5, 5.41) is 9.80. The molecule has 0 aliphatic carbocycles. The number of nitrogens with zero attached hydrogens (tertiary/aromatic N) is 1. The molecular weight excluding hydrogens is 438 g/mol. The third-order valence-electron chi connectivity index (χ3n) is 5.19. The molecule has 0 spiro atoms. The van der Waals surface area contributed by atoms with E-state index in [1.807, 2.05) is 66.7 Å². The molecule has 3 aromatic carbocycles. The van der Waals surface area contributed by atoms with Crippen molar-refractivity contribution in [3.63, 3.8) is 0 Å². The van der Waals surface area contributed by atoms with Gasteiger partial charge in [-0.15, -0.1) is 0 Å². The van der Waals surface area contributed by atoms with Crippen LogP contribution in [0.2, 0.25) is 0 Å². The molecule has 1 amide bonds. The Kier molecular flexibility index (Phi) is 6.83. The standard InChI is InChI=1S/C26H21NO3S2/c28-24-23(17-21-13-7-12-20(15-21)14-18-8-3-1-4-9-18)32-26(31)27(24)22(25(29)30)16-19-10-5-2-6-11-19/h1-13,15,17,22H,14,16H2,(H,29,30)/b23-17-/t22-/m0/s1. The van der Waals surface area contributed by atoms with E-state index >= 15 is 0 Å². The molecule has 4 nitrogen and oxygen atoms in total. The number of amides is 1. The fraction of sp³-hybridized carbons (Fsp3) is 0.115.